The number of aliphatic hydroxyl groups excluding tert-OH is 1. The monoisotopic (exact) mass is 1350 g/mol. The minimum absolute atomic E-state index is 0.106. The summed E-state index contributed by atoms with van der Waals surface area (Å²) in [6, 6.07) is 0. The molecule has 0 aliphatic heterocycles. The second-order valence-electron chi connectivity index (χ2n) is 27.3. The molecule has 0 aliphatic carbocycles. The zero-order valence-electron chi connectivity index (χ0n) is 59.9. The van der Waals surface area contributed by atoms with Crippen molar-refractivity contribution in [2.24, 2.45) is 11.8 Å². The first-order valence-corrected chi connectivity index (χ1v) is 41.0. The van der Waals surface area contributed by atoms with Crippen LogP contribution in [0.1, 0.15) is 375 Å². The number of carbonyl (C=O) groups excluding carboxylic acids is 4. The quantitative estimate of drug-likeness (QED) is 0.0222. The Balaban J connectivity index is 5.26. The maximum Gasteiger partial charge on any atom is 0.472 e. The molecular formula is C73H142O17P2. The summed E-state index contributed by atoms with van der Waals surface area (Å²) >= 11 is 0. The van der Waals surface area contributed by atoms with Gasteiger partial charge in [-0.2, -0.15) is 0 Å². The van der Waals surface area contributed by atoms with E-state index in [0.717, 1.165) is 102 Å². The van der Waals surface area contributed by atoms with Crippen molar-refractivity contribution < 1.29 is 80.2 Å². The molecule has 0 spiro atoms. The van der Waals surface area contributed by atoms with Crippen LogP contribution in [0.25, 0.3) is 0 Å². The smallest absolute Gasteiger partial charge is 0.462 e. The van der Waals surface area contributed by atoms with Gasteiger partial charge in [0.15, 0.2) is 12.2 Å². The Morgan fingerprint density at radius 2 is 0.500 bits per heavy atom. The van der Waals surface area contributed by atoms with Crippen molar-refractivity contribution in [2.75, 3.05) is 39.6 Å². The Labute approximate surface area is 562 Å². The van der Waals surface area contributed by atoms with Gasteiger partial charge in [-0.15, -0.1) is 0 Å². The van der Waals surface area contributed by atoms with Crippen LogP contribution in [0.3, 0.4) is 0 Å². The first-order valence-electron chi connectivity index (χ1n) is 38.0. The van der Waals surface area contributed by atoms with E-state index < -0.39 is 97.5 Å². The van der Waals surface area contributed by atoms with Crippen molar-refractivity contribution in [1.82, 2.24) is 0 Å². The fraction of sp³-hybridized carbons (Fsp3) is 0.945. The number of unbranched alkanes of at least 4 members (excludes halogenated alkanes) is 42. The molecule has 0 fully saturated rings. The highest BCUT2D eigenvalue weighted by molar-refractivity contribution is 7.47. The summed E-state index contributed by atoms with van der Waals surface area (Å²) in [7, 11) is -9.91. The molecule has 3 N–H and O–H groups in total. The summed E-state index contributed by atoms with van der Waals surface area (Å²) in [6.07, 6.45) is 51.1. The zero-order chi connectivity index (χ0) is 67.9. The number of phosphoric ester groups is 2. The van der Waals surface area contributed by atoms with E-state index in [1.807, 2.05) is 0 Å². The largest absolute Gasteiger partial charge is 0.472 e. The maximum absolute atomic E-state index is 13.1. The zero-order valence-corrected chi connectivity index (χ0v) is 61.6. The minimum Gasteiger partial charge on any atom is -0.462 e. The van der Waals surface area contributed by atoms with Crippen LogP contribution in [0.15, 0.2) is 0 Å². The van der Waals surface area contributed by atoms with Gasteiger partial charge < -0.3 is 33.8 Å². The summed E-state index contributed by atoms with van der Waals surface area (Å²) in [5.41, 5.74) is 0. The first kappa shape index (κ1) is 90.1. The SMILES string of the molecule is CCCCCCCCCCCCCCC(=O)OC[C@H](COP(=O)(O)OC[C@H](O)COP(=O)(O)OC[C@@H](COC(=O)CCCCCCCCCCCCCC(C)C)OC(=O)CCCCCCCCCCCCCC(C)C)OC(=O)CCCCCCCCCCCCCC. The molecule has 0 aromatic carbocycles. The Morgan fingerprint density at radius 1 is 0.293 bits per heavy atom. The molecule has 0 aromatic heterocycles. The number of phosphoric acid groups is 2. The standard InChI is InChI=1S/C73H142O17P2/c1-7-9-11-13-15-17-19-25-31-37-43-49-55-70(75)83-61-68(89-72(77)57-51-45-39-33-26-20-18-16-14-12-10-8-2)63-87-91(79,80)85-59-67(74)60-86-92(81,82)88-64-69(90-73(78)58-52-46-40-34-28-22-24-30-36-42-48-54-66(5)6)62-84-71(76)56-50-44-38-32-27-21-23-29-35-41-47-53-65(3)4/h65-69,74H,7-64H2,1-6H3,(H,79,80)(H,81,82)/t67-,68+,69+/m0/s1. The van der Waals surface area contributed by atoms with Gasteiger partial charge in [0.05, 0.1) is 26.4 Å². The summed E-state index contributed by atoms with van der Waals surface area (Å²) in [5.74, 6) is -0.581. The van der Waals surface area contributed by atoms with Crippen LogP contribution in [0, 0.1) is 11.8 Å². The van der Waals surface area contributed by atoms with Gasteiger partial charge in [-0.25, -0.2) is 9.13 Å². The summed E-state index contributed by atoms with van der Waals surface area (Å²) in [6.45, 7) is 9.58. The van der Waals surface area contributed by atoms with Crippen LogP contribution >= 0.6 is 15.6 Å². The fourth-order valence-corrected chi connectivity index (χ4v) is 12.7. The van der Waals surface area contributed by atoms with Gasteiger partial charge in [0, 0.05) is 25.7 Å². The molecule has 0 radical (unpaired) electrons. The second kappa shape index (κ2) is 65.0. The predicted octanol–water partition coefficient (Wildman–Crippen LogP) is 21.2. The van der Waals surface area contributed by atoms with Gasteiger partial charge in [0.25, 0.3) is 0 Å². The van der Waals surface area contributed by atoms with Crippen molar-refractivity contribution in [2.45, 2.75) is 394 Å². The number of ether oxygens (including phenoxy) is 4. The lowest BCUT2D eigenvalue weighted by molar-refractivity contribution is -0.161. The Morgan fingerprint density at radius 3 is 0.739 bits per heavy atom. The van der Waals surface area contributed by atoms with Crippen molar-refractivity contribution in [3.63, 3.8) is 0 Å². The molecule has 0 saturated heterocycles. The Hall–Kier alpha value is -1.94. The van der Waals surface area contributed by atoms with E-state index in [1.54, 1.807) is 0 Å². The first-order chi connectivity index (χ1) is 44.4. The average molecular weight is 1350 g/mol. The molecule has 0 saturated carbocycles. The van der Waals surface area contributed by atoms with Crippen LogP contribution in [-0.4, -0.2) is 96.7 Å². The van der Waals surface area contributed by atoms with Gasteiger partial charge in [-0.05, 0) is 37.5 Å². The van der Waals surface area contributed by atoms with Gasteiger partial charge >= 0.3 is 39.5 Å². The topological polar surface area (TPSA) is 237 Å². The maximum atomic E-state index is 13.1. The number of hydrogen-bond acceptors (Lipinski definition) is 15. The van der Waals surface area contributed by atoms with E-state index in [9.17, 15) is 43.2 Å². The Bertz CT molecular complexity index is 1790. The Kier molecular flexibility index (Phi) is 63.7. The van der Waals surface area contributed by atoms with E-state index in [1.165, 1.54) is 193 Å². The van der Waals surface area contributed by atoms with Gasteiger partial charge in [-0.3, -0.25) is 37.3 Å². The molecule has 5 atom stereocenters. The fourth-order valence-electron chi connectivity index (χ4n) is 11.1. The highest BCUT2D eigenvalue weighted by Crippen LogP contribution is 2.45. The molecule has 0 aromatic rings. The van der Waals surface area contributed by atoms with Crippen LogP contribution in [0.5, 0.6) is 0 Å². The van der Waals surface area contributed by atoms with E-state index in [-0.39, 0.29) is 25.7 Å². The third kappa shape index (κ3) is 66.7. The molecule has 0 heterocycles. The lowest BCUT2D eigenvalue weighted by atomic mass is 10.0. The molecule has 546 valence electrons. The van der Waals surface area contributed by atoms with Crippen LogP contribution in [0.2, 0.25) is 0 Å². The highest BCUT2D eigenvalue weighted by Gasteiger charge is 2.30. The van der Waals surface area contributed by atoms with E-state index in [0.29, 0.717) is 25.7 Å². The van der Waals surface area contributed by atoms with Crippen molar-refractivity contribution in [3.05, 3.63) is 0 Å². The number of hydrogen-bond donors (Lipinski definition) is 3. The molecule has 2 unspecified atom stereocenters. The average Bonchev–Trinajstić information content (AvgIpc) is 1.65. The molecule has 17 nitrogen and oxygen atoms in total. The number of aliphatic hydroxyl groups is 1. The highest BCUT2D eigenvalue weighted by atomic mass is 31.2. The van der Waals surface area contributed by atoms with Crippen LogP contribution in [-0.2, 0) is 65.4 Å². The van der Waals surface area contributed by atoms with Gasteiger partial charge in [0.2, 0.25) is 0 Å². The summed E-state index contributed by atoms with van der Waals surface area (Å²) < 4.78 is 68.4. The predicted molar refractivity (Wildman–Crippen MR) is 372 cm³/mol. The van der Waals surface area contributed by atoms with E-state index >= 15 is 0 Å². The molecular weight excluding hydrogens is 1210 g/mol. The summed E-state index contributed by atoms with van der Waals surface area (Å²) in [4.78, 5) is 72.7. The molecule has 0 amide bonds. The minimum atomic E-state index is -4.95. The van der Waals surface area contributed by atoms with Crippen LogP contribution in [0.4, 0.5) is 0 Å². The number of esters is 4. The number of carbonyl (C=O) groups is 4. The van der Waals surface area contributed by atoms with E-state index in [4.69, 9.17) is 37.0 Å². The van der Waals surface area contributed by atoms with Crippen molar-refractivity contribution in [1.29, 1.82) is 0 Å². The van der Waals surface area contributed by atoms with Crippen molar-refractivity contribution in [3.8, 4) is 0 Å². The van der Waals surface area contributed by atoms with E-state index in [2.05, 4.69) is 41.5 Å². The summed E-state index contributed by atoms with van der Waals surface area (Å²) in [5, 5.41) is 10.6. The van der Waals surface area contributed by atoms with Crippen LogP contribution < -0.4 is 0 Å². The molecule has 92 heavy (non-hydrogen) atoms. The molecule has 0 aliphatic rings. The normalized spacial score (nSPS) is 14.1. The second-order valence-corrected chi connectivity index (χ2v) is 30.2. The third-order valence-corrected chi connectivity index (χ3v) is 18.9. The number of rotatable bonds is 72. The van der Waals surface area contributed by atoms with Gasteiger partial charge in [0.1, 0.15) is 19.3 Å². The third-order valence-electron chi connectivity index (χ3n) is 17.0. The lowest BCUT2D eigenvalue weighted by Gasteiger charge is -2.21. The lowest BCUT2D eigenvalue weighted by Crippen LogP contribution is -2.30. The molecule has 19 heteroatoms. The van der Waals surface area contributed by atoms with Gasteiger partial charge in [-0.1, -0.05) is 324 Å². The van der Waals surface area contributed by atoms with Crippen molar-refractivity contribution >= 4 is 39.5 Å². The molecule has 0 rings (SSSR count). The molecule has 0 bridgehead atoms.